The molecule has 0 fully saturated rings. The van der Waals surface area contributed by atoms with Gasteiger partial charge in [-0.15, -0.1) is 12.1 Å². The Morgan fingerprint density at radius 2 is 1.56 bits per heavy atom. The van der Waals surface area contributed by atoms with Crippen LogP contribution in [0.15, 0.2) is 42.5 Å². The second-order valence-electron chi connectivity index (χ2n) is 3.91. The molecule has 2 aromatic rings. The topological polar surface area (TPSA) is 0 Å². The molecule has 2 aromatic carbocycles. The van der Waals surface area contributed by atoms with E-state index in [0.29, 0.717) is 0 Å². The summed E-state index contributed by atoms with van der Waals surface area (Å²) < 4.78 is 0. The number of aryl methyl sites for hydroxylation is 1. The first-order chi connectivity index (χ1) is 8.33. The summed E-state index contributed by atoms with van der Waals surface area (Å²) in [6.07, 6.45) is 2.29. The summed E-state index contributed by atoms with van der Waals surface area (Å²) in [7, 11) is 0. The third-order valence-electron chi connectivity index (χ3n) is 2.30. The molecule has 0 N–H and O–H groups in total. The zero-order valence-corrected chi connectivity index (χ0v) is 14.4. The Morgan fingerprint density at radius 3 is 2.11 bits per heavy atom. The molecular weight excluding hydrogens is 293 g/mol. The van der Waals surface area contributed by atoms with Crippen LogP contribution in [0.5, 0.6) is 0 Å². The molecule has 1 heteroatoms. The van der Waals surface area contributed by atoms with Crippen molar-refractivity contribution in [3.63, 3.8) is 0 Å². The smallest absolute Gasteiger partial charge is 0 e. The molecule has 0 aromatic heterocycles. The van der Waals surface area contributed by atoms with Gasteiger partial charge in [0, 0.05) is 32.7 Å². The van der Waals surface area contributed by atoms with Crippen LogP contribution in [0.2, 0.25) is 0 Å². The Balaban J connectivity index is 0.000000660. The number of hydrogen-bond acceptors (Lipinski definition) is 0. The molecular formula is C17H20Y-2. The van der Waals surface area contributed by atoms with E-state index in [1.165, 1.54) is 17.5 Å². The van der Waals surface area contributed by atoms with Crippen molar-refractivity contribution in [3.8, 4) is 11.1 Å². The number of hydrogen-bond donors (Lipinski definition) is 0. The summed E-state index contributed by atoms with van der Waals surface area (Å²) in [5, 5.41) is 0. The molecule has 2 rings (SSSR count). The largest absolute Gasteiger partial charge is 0.226 e. The van der Waals surface area contributed by atoms with Gasteiger partial charge in [-0.1, -0.05) is 33.6 Å². The first kappa shape index (κ1) is 17.5. The van der Waals surface area contributed by atoms with Crippen LogP contribution in [-0.2, 0) is 39.1 Å². The van der Waals surface area contributed by atoms with E-state index >= 15 is 0 Å². The maximum absolute atomic E-state index is 3.27. The van der Waals surface area contributed by atoms with Crippen LogP contribution in [-0.4, -0.2) is 0 Å². The summed E-state index contributed by atoms with van der Waals surface area (Å²) in [5.41, 5.74) is 3.63. The van der Waals surface area contributed by atoms with Gasteiger partial charge in [-0.25, -0.2) is 11.1 Å². The SMILES string of the molecule is CCC.CCc1ccc[c-]c1-c1[c-]cccc1.[Y]. The summed E-state index contributed by atoms with van der Waals surface area (Å²) in [4.78, 5) is 0. The van der Waals surface area contributed by atoms with E-state index in [1.807, 2.05) is 30.3 Å². The minimum atomic E-state index is 0. The monoisotopic (exact) mass is 313 g/mol. The van der Waals surface area contributed by atoms with Crippen molar-refractivity contribution < 1.29 is 32.7 Å². The first-order valence-corrected chi connectivity index (χ1v) is 6.30. The van der Waals surface area contributed by atoms with Crippen molar-refractivity contribution in [2.24, 2.45) is 0 Å². The van der Waals surface area contributed by atoms with Crippen molar-refractivity contribution >= 4 is 0 Å². The zero-order chi connectivity index (χ0) is 12.5. The minimum Gasteiger partial charge on any atom is -0.226 e. The van der Waals surface area contributed by atoms with Crippen molar-refractivity contribution in [2.45, 2.75) is 33.6 Å². The fourth-order valence-corrected chi connectivity index (χ4v) is 1.57. The van der Waals surface area contributed by atoms with Gasteiger partial charge in [0.05, 0.1) is 0 Å². The Bertz CT molecular complexity index is 421. The van der Waals surface area contributed by atoms with Crippen LogP contribution < -0.4 is 0 Å². The fourth-order valence-electron chi connectivity index (χ4n) is 1.57. The summed E-state index contributed by atoms with van der Waals surface area (Å²) in [5.74, 6) is 0. The van der Waals surface area contributed by atoms with E-state index in [-0.39, 0.29) is 32.7 Å². The average molecular weight is 313 g/mol. The Hall–Kier alpha value is -0.456. The van der Waals surface area contributed by atoms with Gasteiger partial charge in [0.1, 0.15) is 0 Å². The van der Waals surface area contributed by atoms with Crippen molar-refractivity contribution in [1.82, 2.24) is 0 Å². The second-order valence-corrected chi connectivity index (χ2v) is 3.91. The normalized spacial score (nSPS) is 8.83. The predicted molar refractivity (Wildman–Crippen MR) is 74.9 cm³/mol. The van der Waals surface area contributed by atoms with E-state index < -0.39 is 0 Å². The number of benzene rings is 2. The van der Waals surface area contributed by atoms with Gasteiger partial charge in [0.2, 0.25) is 0 Å². The molecule has 0 atom stereocenters. The molecule has 0 aliphatic heterocycles. The van der Waals surface area contributed by atoms with Crippen LogP contribution in [0.4, 0.5) is 0 Å². The van der Waals surface area contributed by atoms with Crippen molar-refractivity contribution in [3.05, 3.63) is 60.2 Å². The van der Waals surface area contributed by atoms with Gasteiger partial charge in [0.25, 0.3) is 0 Å². The first-order valence-electron chi connectivity index (χ1n) is 6.30. The van der Waals surface area contributed by atoms with Crippen molar-refractivity contribution in [2.75, 3.05) is 0 Å². The molecule has 0 heterocycles. The second kappa shape index (κ2) is 10.5. The van der Waals surface area contributed by atoms with E-state index in [2.05, 4.69) is 45.0 Å². The summed E-state index contributed by atoms with van der Waals surface area (Å²) >= 11 is 0. The van der Waals surface area contributed by atoms with Gasteiger partial charge in [-0.2, -0.15) is 48.0 Å². The van der Waals surface area contributed by atoms with E-state index in [1.54, 1.807) is 0 Å². The molecule has 0 aliphatic rings. The maximum atomic E-state index is 3.27. The minimum absolute atomic E-state index is 0. The fraction of sp³-hybridized carbons (Fsp3) is 0.294. The molecule has 93 valence electrons. The van der Waals surface area contributed by atoms with Gasteiger partial charge in [-0.05, 0) is 0 Å². The summed E-state index contributed by atoms with van der Waals surface area (Å²) in [6, 6.07) is 20.7. The van der Waals surface area contributed by atoms with Crippen LogP contribution in [0, 0.1) is 12.1 Å². The van der Waals surface area contributed by atoms with E-state index in [9.17, 15) is 0 Å². The molecule has 0 aliphatic carbocycles. The quantitative estimate of drug-likeness (QED) is 0.690. The molecule has 0 saturated heterocycles. The Kier molecular flexibility index (Phi) is 10.2. The molecule has 0 unspecified atom stereocenters. The Labute approximate surface area is 137 Å². The van der Waals surface area contributed by atoms with Crippen LogP contribution >= 0.6 is 0 Å². The van der Waals surface area contributed by atoms with E-state index in [4.69, 9.17) is 0 Å². The third kappa shape index (κ3) is 5.46. The molecule has 0 saturated carbocycles. The average Bonchev–Trinajstić information content (AvgIpc) is 2.40. The van der Waals surface area contributed by atoms with Gasteiger partial charge in [0.15, 0.2) is 0 Å². The Morgan fingerprint density at radius 1 is 0.889 bits per heavy atom. The molecule has 0 amide bonds. The van der Waals surface area contributed by atoms with Gasteiger partial charge in [-0.3, -0.25) is 0 Å². The standard InChI is InChI=1S/C14H12.C3H8.Y/c1-2-12-8-6-7-11-14(12)13-9-4-3-5-10-13;1-3-2;/h3-9H,2H2,1H3;3H2,1-2H3;/q-2;;. The van der Waals surface area contributed by atoms with Crippen molar-refractivity contribution in [1.29, 1.82) is 0 Å². The maximum Gasteiger partial charge on any atom is 0 e. The molecule has 0 spiro atoms. The van der Waals surface area contributed by atoms with Gasteiger partial charge >= 0.3 is 0 Å². The zero-order valence-electron chi connectivity index (χ0n) is 11.5. The van der Waals surface area contributed by atoms with E-state index in [0.717, 1.165) is 12.0 Å². The molecule has 0 nitrogen and oxygen atoms in total. The van der Waals surface area contributed by atoms with Crippen LogP contribution in [0.3, 0.4) is 0 Å². The van der Waals surface area contributed by atoms with Crippen LogP contribution in [0.1, 0.15) is 32.8 Å². The molecule has 0 bridgehead atoms. The molecule has 18 heavy (non-hydrogen) atoms. The predicted octanol–water partition coefficient (Wildman–Crippen LogP) is 4.93. The number of rotatable bonds is 2. The summed E-state index contributed by atoms with van der Waals surface area (Å²) in [6.45, 7) is 6.41. The third-order valence-corrected chi connectivity index (χ3v) is 2.30. The van der Waals surface area contributed by atoms with Gasteiger partial charge < -0.3 is 0 Å². The van der Waals surface area contributed by atoms with Crippen LogP contribution in [0.25, 0.3) is 11.1 Å². The molecule has 1 radical (unpaired) electrons.